The van der Waals surface area contributed by atoms with Crippen LogP contribution >= 0.6 is 0 Å². The number of nitrogens with two attached hydrogens (primary N) is 2. The van der Waals surface area contributed by atoms with Crippen molar-refractivity contribution in [3.8, 4) is 0 Å². The molecule has 0 amide bonds. The topological polar surface area (TPSA) is 225 Å². The van der Waals surface area contributed by atoms with Crippen molar-refractivity contribution >= 4 is 0 Å². The van der Waals surface area contributed by atoms with E-state index in [1.807, 2.05) is 0 Å². The minimum atomic E-state index is -3.94. The van der Waals surface area contributed by atoms with Gasteiger partial charge in [0, 0.05) is 0 Å². The van der Waals surface area contributed by atoms with Crippen molar-refractivity contribution in [2.75, 3.05) is 0 Å². The van der Waals surface area contributed by atoms with E-state index in [2.05, 4.69) is 8.58 Å². The fourth-order valence-electron chi connectivity index (χ4n) is 0. The Morgan fingerprint density at radius 1 is 0.923 bits per heavy atom. The summed E-state index contributed by atoms with van der Waals surface area (Å²) in [7, 11) is 0. The summed E-state index contributed by atoms with van der Waals surface area (Å²) in [5.74, 6) is 0. The first-order valence-corrected chi connectivity index (χ1v) is 6.40. The van der Waals surface area contributed by atoms with Crippen LogP contribution in [0, 0.1) is 30.6 Å². The first-order chi connectivity index (χ1) is 5.46. The van der Waals surface area contributed by atoms with Gasteiger partial charge in [0.25, 0.3) is 0 Å². The van der Waals surface area contributed by atoms with E-state index in [-0.39, 0.29) is 0 Å². The van der Waals surface area contributed by atoms with E-state index < -0.39 is 27.5 Å². The SMILES string of the molecule is O=[N+]([O-])[O-].O=[N+]([O-])[O-].[NH2][Pt+2]([NH2])([OH])[OH]. The summed E-state index contributed by atoms with van der Waals surface area (Å²) < 4.78 is 24.5. The second kappa shape index (κ2) is 9.02. The summed E-state index contributed by atoms with van der Waals surface area (Å²) in [4.78, 5) is 16.5. The molecule has 0 rings (SSSR count). The van der Waals surface area contributed by atoms with E-state index in [0.29, 0.717) is 0 Å². The van der Waals surface area contributed by atoms with Crippen molar-refractivity contribution in [3.05, 3.63) is 30.6 Å². The van der Waals surface area contributed by atoms with Crippen LogP contribution in [0.15, 0.2) is 0 Å². The molecule has 0 atom stereocenters. The Morgan fingerprint density at radius 2 is 0.923 bits per heavy atom. The summed E-state index contributed by atoms with van der Waals surface area (Å²) in [5, 5.41) is 29.5. The monoisotopic (exact) mass is 385 g/mol. The van der Waals surface area contributed by atoms with Gasteiger partial charge < -0.3 is 30.6 Å². The molecular formula is H6N4O8Pt. The fourth-order valence-corrected chi connectivity index (χ4v) is 0. The standard InChI is InChI=1S/2NO3.2H2N.2H2O.Pt/c2*2-1(3)4;;;;;/h;;4*1H2;/q4*-1;;;+6/p-2. The molecule has 0 saturated carbocycles. The average Bonchev–Trinajstić information content (AvgIpc) is 1.50. The van der Waals surface area contributed by atoms with Crippen LogP contribution in [-0.2, 0) is 17.3 Å². The maximum atomic E-state index is 8.25. The van der Waals surface area contributed by atoms with Crippen molar-refractivity contribution < 1.29 is 35.0 Å². The molecule has 0 aliphatic rings. The molecule has 0 fully saturated rings. The van der Waals surface area contributed by atoms with E-state index in [1.165, 1.54) is 0 Å². The zero-order chi connectivity index (χ0) is 11.7. The third kappa shape index (κ3) is 758. The summed E-state index contributed by atoms with van der Waals surface area (Å²) in [6.07, 6.45) is 0. The van der Waals surface area contributed by atoms with Gasteiger partial charge in [0.2, 0.25) is 0 Å². The summed E-state index contributed by atoms with van der Waals surface area (Å²) in [6.45, 7) is 0. The summed E-state index contributed by atoms with van der Waals surface area (Å²) in [6, 6.07) is 0. The molecule has 13 heteroatoms. The van der Waals surface area contributed by atoms with Gasteiger partial charge in [0.1, 0.15) is 0 Å². The predicted octanol–water partition coefficient (Wildman–Crippen LogP) is -2.78. The van der Waals surface area contributed by atoms with Gasteiger partial charge in [-0.05, 0) is 0 Å². The van der Waals surface area contributed by atoms with Crippen LogP contribution in [-0.4, -0.2) is 17.7 Å². The number of nitrogens with zero attached hydrogens (tertiary/aromatic N) is 2. The molecule has 0 aliphatic carbocycles. The third-order valence-corrected chi connectivity index (χ3v) is 0. The van der Waals surface area contributed by atoms with Gasteiger partial charge >= 0.3 is 33.4 Å². The minimum absolute atomic E-state index is 1.75. The maximum absolute atomic E-state index is 8.25. The van der Waals surface area contributed by atoms with Crippen molar-refractivity contribution in [1.82, 2.24) is 0 Å². The van der Waals surface area contributed by atoms with Gasteiger partial charge in [-0.1, -0.05) is 0 Å². The average molecular weight is 385 g/mol. The van der Waals surface area contributed by atoms with E-state index in [9.17, 15) is 0 Å². The molecule has 0 aliphatic heterocycles. The fraction of sp³-hybridized carbons (Fsp3) is 0. The van der Waals surface area contributed by atoms with E-state index in [4.69, 9.17) is 38.2 Å². The Balaban J connectivity index is -0.000000117. The zero-order valence-electron chi connectivity index (χ0n) is 5.71. The van der Waals surface area contributed by atoms with Crippen LogP contribution < -0.4 is 8.58 Å². The van der Waals surface area contributed by atoms with Crippen LogP contribution in [0.5, 0.6) is 0 Å². The van der Waals surface area contributed by atoms with Crippen LogP contribution in [0.3, 0.4) is 0 Å². The molecule has 0 radical (unpaired) electrons. The second-order valence-electron chi connectivity index (χ2n) is 0.942. The first-order valence-electron chi connectivity index (χ1n) is 1.74. The number of hydrogen-bond donors (Lipinski definition) is 4. The number of hydrogen-bond acceptors (Lipinski definition) is 10. The molecule has 0 aromatic carbocycles. The van der Waals surface area contributed by atoms with Gasteiger partial charge in [-0.3, -0.25) is 0 Å². The summed E-state index contributed by atoms with van der Waals surface area (Å²) in [5.41, 5.74) is 0. The molecule has 0 bridgehead atoms. The van der Waals surface area contributed by atoms with Crippen LogP contribution in [0.2, 0.25) is 0 Å². The Bertz CT molecular complexity index is 123. The summed E-state index contributed by atoms with van der Waals surface area (Å²) >= 11 is -3.94. The molecular weight excluding hydrogens is 379 g/mol. The Kier molecular flexibility index (Phi) is 12.4. The van der Waals surface area contributed by atoms with Crippen LogP contribution in [0.25, 0.3) is 0 Å². The third-order valence-electron chi connectivity index (χ3n) is 0. The Hall–Kier alpha value is -1.07. The first kappa shape index (κ1) is 17.9. The van der Waals surface area contributed by atoms with E-state index >= 15 is 0 Å². The van der Waals surface area contributed by atoms with Crippen molar-refractivity contribution in [1.29, 1.82) is 0 Å². The van der Waals surface area contributed by atoms with Crippen molar-refractivity contribution in [2.45, 2.75) is 0 Å². The second-order valence-corrected chi connectivity index (χ2v) is 4.50. The normalized spacial score (nSPS) is 9.54. The Morgan fingerprint density at radius 3 is 0.923 bits per heavy atom. The van der Waals surface area contributed by atoms with Gasteiger partial charge in [-0.25, -0.2) is 0 Å². The van der Waals surface area contributed by atoms with Gasteiger partial charge in [0.15, 0.2) is 0 Å². The molecule has 0 unspecified atom stereocenters. The molecule has 13 heavy (non-hydrogen) atoms. The zero-order valence-corrected chi connectivity index (χ0v) is 7.98. The molecule has 84 valence electrons. The van der Waals surface area contributed by atoms with Crippen molar-refractivity contribution in [3.63, 3.8) is 0 Å². The van der Waals surface area contributed by atoms with Gasteiger partial charge in [-0.2, -0.15) is 0 Å². The molecule has 0 aromatic heterocycles. The van der Waals surface area contributed by atoms with Crippen LogP contribution in [0.4, 0.5) is 0 Å². The van der Waals surface area contributed by atoms with Gasteiger partial charge in [-0.15, -0.1) is 0 Å². The molecule has 0 spiro atoms. The van der Waals surface area contributed by atoms with E-state index in [0.717, 1.165) is 0 Å². The molecule has 12 nitrogen and oxygen atoms in total. The van der Waals surface area contributed by atoms with Gasteiger partial charge in [0.05, 0.1) is 10.2 Å². The van der Waals surface area contributed by atoms with Crippen molar-refractivity contribution in [2.24, 2.45) is 8.58 Å². The Labute approximate surface area is 74.9 Å². The molecule has 0 heterocycles. The van der Waals surface area contributed by atoms with Crippen LogP contribution in [0.1, 0.15) is 0 Å². The molecule has 0 aromatic rings. The van der Waals surface area contributed by atoms with E-state index in [1.54, 1.807) is 0 Å². The predicted molar refractivity (Wildman–Crippen MR) is 33.5 cm³/mol. The quantitative estimate of drug-likeness (QED) is 0.248. The number of rotatable bonds is 0. The molecule has 0 saturated heterocycles. The molecule has 6 N–H and O–H groups in total.